The second-order valence-electron chi connectivity index (χ2n) is 15.8. The molecule has 384 valence electrons. The number of carboxylic acids is 3. The highest BCUT2D eigenvalue weighted by atomic mass is 16.5. The van der Waals surface area contributed by atoms with E-state index in [9.17, 15) is 43.8 Å². The quantitative estimate of drug-likeness (QED) is 0.0208. The predicted molar refractivity (Wildman–Crippen MR) is 270 cm³/mol. The lowest BCUT2D eigenvalue weighted by Crippen LogP contribution is -2.42. The molecule has 0 aliphatic carbocycles. The molecule has 11 N–H and O–H groups in total. The van der Waals surface area contributed by atoms with Gasteiger partial charge in [0.1, 0.15) is 33.9 Å². The summed E-state index contributed by atoms with van der Waals surface area (Å²) in [5, 5.41) is 56.6. The van der Waals surface area contributed by atoms with Gasteiger partial charge in [-0.1, -0.05) is 99.3 Å². The Balaban J connectivity index is -0.000000211. The van der Waals surface area contributed by atoms with Crippen LogP contribution in [-0.2, 0) is 36.8 Å². The average Bonchev–Trinajstić information content (AvgIpc) is 3.30. The van der Waals surface area contributed by atoms with E-state index in [4.69, 9.17) is 37.8 Å². The van der Waals surface area contributed by atoms with Gasteiger partial charge in [0.2, 0.25) is 5.91 Å². The second kappa shape index (κ2) is 35.2. The van der Waals surface area contributed by atoms with E-state index in [0.717, 1.165) is 19.3 Å². The molecule has 0 saturated heterocycles. The van der Waals surface area contributed by atoms with Crippen molar-refractivity contribution in [3.63, 3.8) is 0 Å². The van der Waals surface area contributed by atoms with Crippen molar-refractivity contribution in [1.82, 2.24) is 5.32 Å². The summed E-state index contributed by atoms with van der Waals surface area (Å²) in [5.41, 5.74) is 12.2. The van der Waals surface area contributed by atoms with E-state index < -0.39 is 36.0 Å². The van der Waals surface area contributed by atoms with Gasteiger partial charge in [-0.15, -0.1) is 0 Å². The van der Waals surface area contributed by atoms with E-state index >= 15 is 0 Å². The number of aromatic hydroxyl groups is 3. The van der Waals surface area contributed by atoms with E-state index in [1.54, 1.807) is 18.2 Å². The number of nitrogens with one attached hydrogen (secondary N) is 1. The van der Waals surface area contributed by atoms with Gasteiger partial charge in [-0.25, -0.2) is 14.4 Å². The molecular formula is C51H81N3O14. The van der Waals surface area contributed by atoms with Crippen molar-refractivity contribution >= 4 is 47.0 Å². The van der Waals surface area contributed by atoms with Gasteiger partial charge in [-0.2, -0.15) is 0 Å². The molecule has 0 heterocycles. The van der Waals surface area contributed by atoms with Crippen LogP contribution in [-0.4, -0.2) is 91.2 Å². The average molecular weight is 967 g/mol. The zero-order valence-electron chi connectivity index (χ0n) is 42.8. The molecule has 0 radical (unpaired) electrons. The first-order valence-electron chi connectivity index (χ1n) is 23.4. The maximum Gasteiger partial charge on any atom is 0.341 e. The van der Waals surface area contributed by atoms with Crippen molar-refractivity contribution in [3.8, 4) is 17.2 Å². The Kier molecular flexibility index (Phi) is 31.6. The van der Waals surface area contributed by atoms with Crippen LogP contribution in [0.5, 0.6) is 17.2 Å². The maximum absolute atomic E-state index is 12.6. The monoisotopic (exact) mass is 967 g/mol. The number of rotatable bonds is 21. The molecule has 1 amide bonds. The van der Waals surface area contributed by atoms with Crippen molar-refractivity contribution < 1.29 is 76.3 Å². The number of hydrogen-bond donors (Lipinski definition) is 9. The van der Waals surface area contributed by atoms with Gasteiger partial charge in [0, 0.05) is 32.3 Å². The number of carbonyl (C=O) groups excluding carboxylic acids is 4. The third-order valence-electron chi connectivity index (χ3n) is 8.96. The van der Waals surface area contributed by atoms with Crippen LogP contribution in [0.4, 0.5) is 5.69 Å². The van der Waals surface area contributed by atoms with Gasteiger partial charge < -0.3 is 52.2 Å². The Morgan fingerprint density at radius 1 is 0.706 bits per heavy atom. The van der Waals surface area contributed by atoms with Crippen molar-refractivity contribution in [2.24, 2.45) is 17.6 Å². The molecule has 0 aliphatic heterocycles. The number of anilines is 1. The zero-order valence-corrected chi connectivity index (χ0v) is 38.8. The smallest absolute Gasteiger partial charge is 0.341 e. The topological polar surface area (TPSA) is 314 Å². The molecule has 3 aromatic carbocycles. The van der Waals surface area contributed by atoms with E-state index in [1.807, 2.05) is 46.8 Å². The highest BCUT2D eigenvalue weighted by Gasteiger charge is 2.23. The molecule has 3 aromatic rings. The standard InChI is InChI=1S/C20H27NO5.C15H21NO4.C7H7NO3.C7H12O2.2CH4.3H2/c1-4-5-6-7-19(24)21-16(10-13(2)3)18(23)12-14-8-9-17(22)15(11-14)20(25)26;1-9(2)6-12(16)14(18)8-10-4-5-13(17)11(7-10)15(19)20-3;8-4-1-2-6(9)5(3-4)7(10)11;1-2-3-4-5-6-7(8)9;;;;;/h5-6,8-9,11,13,16,22H,4,7,10,12H2,1-3H3,(H,21,24)(H,25,26);4-5,7,9,12,17H,6,8,16H2,1-3H3;1-3,9H,8H2,(H,10,11);4-5H,2-3,6H2,1H3,(H,8,9);2*1H4;3*1H/b6-5-;;;5-4-;;;;;/i;;;;;;1+2T;1+1D;1+1. The van der Waals surface area contributed by atoms with Crippen LogP contribution in [0, 0.1) is 11.8 Å². The number of phenolic OH excluding ortho intramolecular Hbond substituents is 1. The number of unbranched alkanes of at least 4 members (excludes halogenated alkanes) is 1. The van der Waals surface area contributed by atoms with E-state index in [-0.39, 0.29) is 99.3 Å². The van der Waals surface area contributed by atoms with Gasteiger partial charge in [0.25, 0.3) is 0 Å². The number of phenols is 3. The SMILES string of the molecule is C.C.CC/C=C\CC(=O)NC(CC(C)C)C(=O)Cc1ccc(O)c(C(=O)O)c1.CCC/C=C\CC(=O)O.COC(=O)c1cc(CC(=O)C(N)CC(C)C)ccc1O.Nc1ccc(O)c(C(=O)O)c1.[2HH].[2H][2H].[3H][3H]. The Labute approximate surface area is 408 Å². The van der Waals surface area contributed by atoms with Crippen LogP contribution in [0.2, 0.25) is 0 Å². The van der Waals surface area contributed by atoms with Gasteiger partial charge in [0.15, 0.2) is 11.6 Å². The summed E-state index contributed by atoms with van der Waals surface area (Å²) >= 11 is 0. The second-order valence-corrected chi connectivity index (χ2v) is 15.8. The number of methoxy groups -OCH3 is 1. The fourth-order valence-electron chi connectivity index (χ4n) is 5.67. The van der Waals surface area contributed by atoms with Gasteiger partial charge in [-0.05, 0) is 91.1 Å². The number of nitrogen functional groups attached to an aromatic ring is 1. The van der Waals surface area contributed by atoms with Gasteiger partial charge >= 0.3 is 23.9 Å². The van der Waals surface area contributed by atoms with E-state index in [0.29, 0.717) is 35.6 Å². The van der Waals surface area contributed by atoms with Crippen LogP contribution >= 0.6 is 0 Å². The normalized spacial score (nSPS) is 11.4. The third kappa shape index (κ3) is 27.5. The number of hydrogen-bond acceptors (Lipinski definition) is 13. The molecule has 0 aromatic heterocycles. The maximum atomic E-state index is 12.6. The highest BCUT2D eigenvalue weighted by Crippen LogP contribution is 2.22. The summed E-state index contributed by atoms with van der Waals surface area (Å²) in [4.78, 5) is 79.5. The lowest BCUT2D eigenvalue weighted by atomic mass is 9.95. The third-order valence-corrected chi connectivity index (χ3v) is 8.96. The van der Waals surface area contributed by atoms with Crippen molar-refractivity contribution in [1.29, 1.82) is 0 Å². The first-order valence-corrected chi connectivity index (χ1v) is 21.4. The van der Waals surface area contributed by atoms with Crippen LogP contribution in [0.15, 0.2) is 78.9 Å². The zero-order chi connectivity index (χ0) is 54.5. The van der Waals surface area contributed by atoms with Crippen LogP contribution in [0.25, 0.3) is 0 Å². The molecule has 0 aliphatic rings. The summed E-state index contributed by atoms with van der Waals surface area (Å²) in [7, 11) is 1.23. The number of aromatic carboxylic acids is 2. The van der Waals surface area contributed by atoms with Crippen molar-refractivity contribution in [3.05, 3.63) is 107 Å². The number of esters is 1. The Hall–Kier alpha value is -7.01. The number of carboxylic acid groups (broad SMARTS) is 3. The molecular weight excluding hydrogens is 879 g/mol. The number of ketones is 2. The summed E-state index contributed by atoms with van der Waals surface area (Å²) < 4.78 is 24.6. The largest absolute Gasteiger partial charge is 0.507 e. The first-order chi connectivity index (χ1) is 33.0. The fraction of sp³-hybridized carbons (Fsp3) is 0.431. The number of allylic oxidation sites excluding steroid dienone is 2. The summed E-state index contributed by atoms with van der Waals surface area (Å²) in [6.07, 6.45) is 11.8. The highest BCUT2D eigenvalue weighted by molar-refractivity contribution is 5.94. The van der Waals surface area contributed by atoms with Crippen molar-refractivity contribution in [2.45, 2.75) is 126 Å². The van der Waals surface area contributed by atoms with Gasteiger partial charge in [-0.3, -0.25) is 19.2 Å². The number of nitrogens with two attached hydrogens (primary N) is 2. The molecule has 17 nitrogen and oxygen atoms in total. The molecule has 2 unspecified atom stereocenters. The fourth-order valence-corrected chi connectivity index (χ4v) is 5.67. The summed E-state index contributed by atoms with van der Waals surface area (Å²) in [6.45, 7) is 12.0. The number of carbonyl (C=O) groups is 7. The number of ether oxygens (including phenoxy) is 1. The first kappa shape index (κ1) is 61.0. The number of Topliss-reactive ketones (excluding diaryl/α,β-unsaturated/α-hetero) is 2. The number of aliphatic carboxylic acids is 1. The molecule has 68 heavy (non-hydrogen) atoms. The minimum atomic E-state index is -1.26. The molecule has 17 heteroatoms. The predicted octanol–water partition coefficient (Wildman–Crippen LogP) is 9.25. The minimum Gasteiger partial charge on any atom is -0.507 e. The van der Waals surface area contributed by atoms with Gasteiger partial charge in [0.05, 0.1) is 25.6 Å². The molecule has 0 fully saturated rings. The Morgan fingerprint density at radius 3 is 1.63 bits per heavy atom. The molecule has 0 spiro atoms. The summed E-state index contributed by atoms with van der Waals surface area (Å²) in [6, 6.07) is 11.2. The lowest BCUT2D eigenvalue weighted by molar-refractivity contribution is -0.136. The number of benzene rings is 3. The minimum absolute atomic E-state index is 0. The van der Waals surface area contributed by atoms with E-state index in [1.165, 1.54) is 55.6 Å². The Bertz CT molecular complexity index is 2150. The molecule has 0 bridgehead atoms. The van der Waals surface area contributed by atoms with Crippen LogP contribution < -0.4 is 16.8 Å². The lowest BCUT2D eigenvalue weighted by Gasteiger charge is -2.19. The van der Waals surface area contributed by atoms with Crippen LogP contribution in [0.3, 0.4) is 0 Å². The van der Waals surface area contributed by atoms with Crippen LogP contribution in [0.1, 0.15) is 151 Å². The van der Waals surface area contributed by atoms with Crippen molar-refractivity contribution in [2.75, 3.05) is 12.8 Å². The molecule has 3 rings (SSSR count). The summed E-state index contributed by atoms with van der Waals surface area (Å²) in [5.74, 6) is -4.55. The Morgan fingerprint density at radius 2 is 1.18 bits per heavy atom. The van der Waals surface area contributed by atoms with E-state index in [2.05, 4.69) is 17.0 Å². The molecule has 2 atom stereocenters. The molecule has 0 saturated carbocycles. The number of amides is 1.